The van der Waals surface area contributed by atoms with Crippen LogP contribution in [0.4, 0.5) is 0 Å². The Hall–Kier alpha value is -4.56. The minimum absolute atomic E-state index is 0.312. The molecule has 0 bridgehead atoms. The van der Waals surface area contributed by atoms with Crippen LogP contribution in [0.3, 0.4) is 0 Å². The Labute approximate surface area is 204 Å². The van der Waals surface area contributed by atoms with E-state index in [0.717, 1.165) is 33.5 Å². The van der Waals surface area contributed by atoms with Gasteiger partial charge in [0.1, 0.15) is 17.9 Å². The van der Waals surface area contributed by atoms with Crippen molar-refractivity contribution in [2.75, 3.05) is 0 Å². The Morgan fingerprint density at radius 3 is 2.77 bits per heavy atom. The second-order valence-electron chi connectivity index (χ2n) is 7.82. The summed E-state index contributed by atoms with van der Waals surface area (Å²) in [6, 6.07) is 23.3. The number of hydrogen-bond donors (Lipinski definition) is 1. The van der Waals surface area contributed by atoms with Crippen LogP contribution >= 0.6 is 11.6 Å². The quantitative estimate of drug-likeness (QED) is 0.313. The Morgan fingerprint density at radius 2 is 1.86 bits per heavy atom. The monoisotopic (exact) mass is 480 g/mol. The summed E-state index contributed by atoms with van der Waals surface area (Å²) in [6.07, 6.45) is 3.98. The first kappa shape index (κ1) is 21.0. The lowest BCUT2D eigenvalue weighted by Crippen LogP contribution is -1.95. The lowest BCUT2D eigenvalue weighted by Gasteiger charge is -2.07. The molecule has 1 N–H and O–H groups in total. The lowest BCUT2D eigenvalue weighted by molar-refractivity contribution is 0.306. The second kappa shape index (κ2) is 9.00. The van der Waals surface area contributed by atoms with E-state index in [1.165, 1.54) is 0 Å². The molecule has 170 valence electrons. The van der Waals surface area contributed by atoms with E-state index in [1.54, 1.807) is 0 Å². The van der Waals surface area contributed by atoms with Gasteiger partial charge >= 0.3 is 0 Å². The molecule has 6 rings (SSSR count). The zero-order valence-electron chi connectivity index (χ0n) is 18.2. The molecule has 0 unspecified atom stereocenters. The normalized spacial score (nSPS) is 11.6. The molecular formula is C26H17ClN6O2. The van der Waals surface area contributed by atoms with Gasteiger partial charge in [-0.25, -0.2) is 9.97 Å². The Morgan fingerprint density at radius 1 is 0.914 bits per heavy atom. The van der Waals surface area contributed by atoms with Crippen LogP contribution in [0.2, 0.25) is 5.02 Å². The smallest absolute Gasteiger partial charge is 0.269 e. The van der Waals surface area contributed by atoms with E-state index in [0.29, 0.717) is 34.4 Å². The summed E-state index contributed by atoms with van der Waals surface area (Å²) in [5.41, 5.74) is 5.03. The van der Waals surface area contributed by atoms with Gasteiger partial charge < -0.3 is 9.15 Å². The highest BCUT2D eigenvalue weighted by Gasteiger charge is 2.12. The predicted octanol–water partition coefficient (Wildman–Crippen LogP) is 5.96. The van der Waals surface area contributed by atoms with Crippen molar-refractivity contribution in [3.05, 3.63) is 94.6 Å². The minimum Gasteiger partial charge on any atom is -0.489 e. The molecule has 0 atom stereocenters. The van der Waals surface area contributed by atoms with Gasteiger partial charge in [0.25, 0.3) is 11.7 Å². The number of H-pyrrole nitrogens is 1. The van der Waals surface area contributed by atoms with Gasteiger partial charge in [0, 0.05) is 10.4 Å². The van der Waals surface area contributed by atoms with Crippen molar-refractivity contribution in [1.29, 1.82) is 0 Å². The number of fused-ring (bicyclic) bond motifs is 2. The van der Waals surface area contributed by atoms with Crippen LogP contribution in [0.5, 0.6) is 5.75 Å². The molecule has 0 aliphatic heterocycles. The van der Waals surface area contributed by atoms with E-state index in [-0.39, 0.29) is 0 Å². The van der Waals surface area contributed by atoms with E-state index in [1.807, 2.05) is 84.9 Å². The summed E-state index contributed by atoms with van der Waals surface area (Å²) in [7, 11) is 0. The van der Waals surface area contributed by atoms with Crippen LogP contribution in [0.15, 0.2) is 77.2 Å². The predicted molar refractivity (Wildman–Crippen MR) is 134 cm³/mol. The number of nitrogens with zero attached hydrogens (tertiary/aromatic N) is 5. The van der Waals surface area contributed by atoms with Crippen molar-refractivity contribution in [2.45, 2.75) is 6.61 Å². The fraction of sp³-hybridized carbons (Fsp3) is 0.0385. The van der Waals surface area contributed by atoms with E-state index in [9.17, 15) is 0 Å². The number of benzene rings is 3. The SMILES string of the molecule is Clc1ccc2ccc(C=Cc3cccc(OCc4ccc5oc(-c6nn[nH]n6)nc5c4)c3)nc2c1. The van der Waals surface area contributed by atoms with Crippen LogP contribution in [0.1, 0.15) is 16.8 Å². The van der Waals surface area contributed by atoms with Crippen molar-refractivity contribution in [3.63, 3.8) is 0 Å². The molecule has 8 nitrogen and oxygen atoms in total. The Balaban J connectivity index is 1.15. The van der Waals surface area contributed by atoms with Crippen LogP contribution in [-0.2, 0) is 6.61 Å². The topological polar surface area (TPSA) is 103 Å². The number of pyridine rings is 1. The first-order valence-electron chi connectivity index (χ1n) is 10.8. The molecule has 0 saturated carbocycles. The molecule has 3 aromatic carbocycles. The minimum atomic E-state index is 0.312. The maximum Gasteiger partial charge on any atom is 0.269 e. The van der Waals surface area contributed by atoms with Crippen LogP contribution in [0, 0.1) is 0 Å². The van der Waals surface area contributed by atoms with Crippen molar-refractivity contribution < 1.29 is 9.15 Å². The molecule has 3 aromatic heterocycles. The number of tetrazole rings is 1. The number of aromatic nitrogens is 6. The van der Waals surface area contributed by atoms with Crippen molar-refractivity contribution in [2.24, 2.45) is 0 Å². The highest BCUT2D eigenvalue weighted by atomic mass is 35.5. The molecule has 9 heteroatoms. The van der Waals surface area contributed by atoms with Gasteiger partial charge in [-0.2, -0.15) is 5.21 Å². The van der Waals surface area contributed by atoms with E-state index in [2.05, 4.69) is 30.6 Å². The molecule has 0 amide bonds. The molecule has 0 radical (unpaired) electrons. The average Bonchev–Trinajstić information content (AvgIpc) is 3.56. The number of rotatable bonds is 6. The number of ether oxygens (including phenoxy) is 1. The number of oxazole rings is 1. The molecule has 3 heterocycles. The van der Waals surface area contributed by atoms with Gasteiger partial charge in [0.15, 0.2) is 5.58 Å². The summed E-state index contributed by atoms with van der Waals surface area (Å²) in [6.45, 7) is 0.389. The number of hydrogen-bond acceptors (Lipinski definition) is 7. The zero-order valence-corrected chi connectivity index (χ0v) is 19.0. The summed E-state index contributed by atoms with van der Waals surface area (Å²) < 4.78 is 11.7. The maximum absolute atomic E-state index is 6.10. The van der Waals surface area contributed by atoms with Gasteiger partial charge in [0.05, 0.1) is 11.2 Å². The number of aromatic amines is 1. The van der Waals surface area contributed by atoms with Gasteiger partial charge in [0.2, 0.25) is 0 Å². The number of nitrogens with one attached hydrogen (secondary N) is 1. The highest BCUT2D eigenvalue weighted by molar-refractivity contribution is 6.31. The summed E-state index contributed by atoms with van der Waals surface area (Å²) >= 11 is 6.10. The molecule has 0 aliphatic rings. The molecule has 35 heavy (non-hydrogen) atoms. The summed E-state index contributed by atoms with van der Waals surface area (Å²) in [4.78, 5) is 9.10. The fourth-order valence-corrected chi connectivity index (χ4v) is 3.83. The summed E-state index contributed by atoms with van der Waals surface area (Å²) in [5.74, 6) is 1.39. The third kappa shape index (κ3) is 4.60. The van der Waals surface area contributed by atoms with E-state index < -0.39 is 0 Å². The zero-order chi connectivity index (χ0) is 23.6. The van der Waals surface area contributed by atoms with Crippen LogP contribution < -0.4 is 4.74 Å². The third-order valence-corrected chi connectivity index (χ3v) is 5.61. The van der Waals surface area contributed by atoms with Crippen LogP contribution in [-0.4, -0.2) is 30.6 Å². The van der Waals surface area contributed by atoms with Crippen molar-refractivity contribution in [1.82, 2.24) is 30.6 Å². The second-order valence-corrected chi connectivity index (χ2v) is 8.26. The standard InChI is InChI=1S/C26H17ClN6O2/c27-19-8-6-18-7-10-20(28-22(18)14-19)9-4-16-2-1-3-21(12-16)34-15-17-5-11-24-23(13-17)29-26(35-24)25-30-32-33-31-25/h1-14H,15H2,(H,30,31,32,33). The Kier molecular flexibility index (Phi) is 5.40. The first-order valence-corrected chi connectivity index (χ1v) is 11.2. The molecular weight excluding hydrogens is 464 g/mol. The van der Waals surface area contributed by atoms with Gasteiger partial charge in [-0.05, 0) is 64.9 Å². The largest absolute Gasteiger partial charge is 0.489 e. The first-order chi connectivity index (χ1) is 17.2. The van der Waals surface area contributed by atoms with Crippen molar-refractivity contribution in [3.8, 4) is 17.5 Å². The highest BCUT2D eigenvalue weighted by Crippen LogP contribution is 2.24. The third-order valence-electron chi connectivity index (χ3n) is 5.37. The van der Waals surface area contributed by atoms with Crippen LogP contribution in [0.25, 0.3) is 45.9 Å². The summed E-state index contributed by atoms with van der Waals surface area (Å²) in [5, 5.41) is 15.4. The Bertz CT molecular complexity index is 1680. The molecule has 0 saturated heterocycles. The lowest BCUT2D eigenvalue weighted by atomic mass is 10.1. The van der Waals surface area contributed by atoms with Gasteiger partial charge in [-0.1, -0.05) is 48.0 Å². The maximum atomic E-state index is 6.10. The van der Waals surface area contributed by atoms with E-state index in [4.69, 9.17) is 20.8 Å². The van der Waals surface area contributed by atoms with Gasteiger partial charge in [-0.15, -0.1) is 10.2 Å². The molecule has 0 spiro atoms. The van der Waals surface area contributed by atoms with E-state index >= 15 is 0 Å². The fourth-order valence-electron chi connectivity index (χ4n) is 3.67. The molecule has 6 aromatic rings. The average molecular weight is 481 g/mol. The van der Waals surface area contributed by atoms with Crippen molar-refractivity contribution >= 4 is 45.8 Å². The van der Waals surface area contributed by atoms with Gasteiger partial charge in [-0.3, -0.25) is 0 Å². The molecule has 0 fully saturated rings. The molecule has 0 aliphatic carbocycles. The number of halogens is 1.